The van der Waals surface area contributed by atoms with Crippen LogP contribution in [-0.4, -0.2) is 4.98 Å². The molecule has 0 amide bonds. The molecular weight excluding hydrogens is 248 g/mol. The largest absolute Gasteiger partial charge is 0.306 e. The molecule has 0 atom stereocenters. The van der Waals surface area contributed by atoms with Gasteiger partial charge in [0.15, 0.2) is 0 Å². The van der Waals surface area contributed by atoms with E-state index in [0.717, 1.165) is 19.0 Å². The Bertz CT molecular complexity index is 457. The lowest BCUT2D eigenvalue weighted by Crippen LogP contribution is -2.13. The van der Waals surface area contributed by atoms with Gasteiger partial charge in [-0.2, -0.15) is 0 Å². The van der Waals surface area contributed by atoms with E-state index >= 15 is 0 Å². The first-order valence-corrected chi connectivity index (χ1v) is 7.85. The van der Waals surface area contributed by atoms with Crippen molar-refractivity contribution in [2.75, 3.05) is 0 Å². The third-order valence-corrected chi connectivity index (χ3v) is 5.14. The van der Waals surface area contributed by atoms with Crippen molar-refractivity contribution in [2.24, 2.45) is 0 Å². The van der Waals surface area contributed by atoms with Crippen molar-refractivity contribution >= 4 is 22.7 Å². The minimum absolute atomic E-state index is 0.769. The van der Waals surface area contributed by atoms with Crippen molar-refractivity contribution in [2.45, 2.75) is 38.3 Å². The molecule has 90 valence electrons. The molecule has 0 unspecified atom stereocenters. The van der Waals surface area contributed by atoms with Gasteiger partial charge >= 0.3 is 0 Å². The fraction of sp³-hybridized carbons (Fsp3) is 0.462. The zero-order valence-electron chi connectivity index (χ0n) is 9.69. The first kappa shape index (κ1) is 11.4. The molecule has 0 saturated heterocycles. The molecule has 2 aromatic heterocycles. The summed E-state index contributed by atoms with van der Waals surface area (Å²) in [7, 11) is 0. The lowest BCUT2D eigenvalue weighted by atomic mass is 9.86. The highest BCUT2D eigenvalue weighted by molar-refractivity contribution is 7.10. The number of thiophene rings is 1. The van der Waals surface area contributed by atoms with Gasteiger partial charge in [-0.3, -0.25) is 0 Å². The van der Waals surface area contributed by atoms with Crippen LogP contribution >= 0.6 is 22.7 Å². The summed E-state index contributed by atoms with van der Waals surface area (Å²) in [6.45, 7) is 1.84. The minimum atomic E-state index is 0.769. The molecule has 0 spiro atoms. The molecule has 0 aromatic carbocycles. The Balaban J connectivity index is 1.49. The third-order valence-electron chi connectivity index (χ3n) is 3.21. The molecule has 2 aromatic rings. The highest BCUT2D eigenvalue weighted by Gasteiger charge is 2.22. The van der Waals surface area contributed by atoms with E-state index in [2.05, 4.69) is 28.2 Å². The second kappa shape index (κ2) is 5.29. The van der Waals surface area contributed by atoms with Gasteiger partial charge in [-0.05, 0) is 24.3 Å². The summed E-state index contributed by atoms with van der Waals surface area (Å²) in [4.78, 5) is 6.10. The second-order valence-corrected chi connectivity index (χ2v) is 6.41. The van der Waals surface area contributed by atoms with Crippen LogP contribution in [0, 0.1) is 0 Å². The smallest absolute Gasteiger partial charge is 0.0959 e. The molecule has 3 rings (SSSR count). The number of hydrogen-bond donors (Lipinski definition) is 1. The summed E-state index contributed by atoms with van der Waals surface area (Å²) in [5, 5.41) is 9.12. The van der Waals surface area contributed by atoms with Crippen LogP contribution in [0.3, 0.4) is 0 Å². The number of thiazole rings is 1. The zero-order chi connectivity index (χ0) is 11.5. The van der Waals surface area contributed by atoms with Crippen molar-refractivity contribution in [3.05, 3.63) is 38.5 Å². The Morgan fingerprint density at radius 2 is 2.24 bits per heavy atom. The predicted octanol–water partition coefficient (Wildman–Crippen LogP) is 3.76. The standard InChI is InChI=1S/C13H16N2S2/c1-3-10(4-1)13-15-11(9-17-13)7-14-8-12-5-2-6-16-12/h2,5-6,9-10,14H,1,3-4,7-8H2. The predicted molar refractivity (Wildman–Crippen MR) is 73.6 cm³/mol. The van der Waals surface area contributed by atoms with Gasteiger partial charge in [-0.1, -0.05) is 12.5 Å². The van der Waals surface area contributed by atoms with Crippen LogP contribution in [0.1, 0.15) is 40.8 Å². The summed E-state index contributed by atoms with van der Waals surface area (Å²) < 4.78 is 0. The maximum absolute atomic E-state index is 4.71. The Labute approximate surface area is 110 Å². The second-order valence-electron chi connectivity index (χ2n) is 4.49. The summed E-state index contributed by atoms with van der Waals surface area (Å²) in [6.07, 6.45) is 4.07. The number of rotatable bonds is 5. The Morgan fingerprint density at radius 3 is 2.94 bits per heavy atom. The molecule has 1 saturated carbocycles. The summed E-state index contributed by atoms with van der Waals surface area (Å²) >= 11 is 3.63. The van der Waals surface area contributed by atoms with Crippen molar-refractivity contribution in [1.29, 1.82) is 0 Å². The fourth-order valence-corrected chi connectivity index (χ4v) is 3.64. The van der Waals surface area contributed by atoms with Gasteiger partial charge in [0.1, 0.15) is 0 Å². The molecule has 4 heteroatoms. The van der Waals surface area contributed by atoms with Crippen LogP contribution in [-0.2, 0) is 13.1 Å². The van der Waals surface area contributed by atoms with Gasteiger partial charge in [0.05, 0.1) is 10.7 Å². The lowest BCUT2D eigenvalue weighted by molar-refractivity contribution is 0.417. The van der Waals surface area contributed by atoms with Gasteiger partial charge in [-0.15, -0.1) is 22.7 Å². The van der Waals surface area contributed by atoms with Gasteiger partial charge in [0, 0.05) is 29.3 Å². The monoisotopic (exact) mass is 264 g/mol. The SMILES string of the molecule is c1csc(CNCc2csc(C3CCC3)n2)c1. The summed E-state index contributed by atoms with van der Waals surface area (Å²) in [6, 6.07) is 4.26. The van der Waals surface area contributed by atoms with Crippen molar-refractivity contribution < 1.29 is 0 Å². The van der Waals surface area contributed by atoms with Gasteiger partial charge in [0.25, 0.3) is 0 Å². The molecule has 0 radical (unpaired) electrons. The van der Waals surface area contributed by atoms with Crippen molar-refractivity contribution in [1.82, 2.24) is 10.3 Å². The van der Waals surface area contributed by atoms with E-state index in [0.29, 0.717) is 0 Å². The van der Waals surface area contributed by atoms with Crippen molar-refractivity contribution in [3.63, 3.8) is 0 Å². The highest BCUT2D eigenvalue weighted by Crippen LogP contribution is 2.37. The fourth-order valence-electron chi connectivity index (χ4n) is 1.97. The first-order chi connectivity index (χ1) is 8.42. The third kappa shape index (κ3) is 2.76. The molecule has 0 bridgehead atoms. The first-order valence-electron chi connectivity index (χ1n) is 6.09. The van der Waals surface area contributed by atoms with Gasteiger partial charge < -0.3 is 5.32 Å². The van der Waals surface area contributed by atoms with Crippen LogP contribution in [0.25, 0.3) is 0 Å². The lowest BCUT2D eigenvalue weighted by Gasteiger charge is -2.22. The summed E-state index contributed by atoms with van der Waals surface area (Å²) in [5.41, 5.74) is 1.20. The molecule has 1 aliphatic carbocycles. The van der Waals surface area contributed by atoms with Crippen LogP contribution in [0.2, 0.25) is 0 Å². The van der Waals surface area contributed by atoms with E-state index in [1.54, 1.807) is 11.3 Å². The Morgan fingerprint density at radius 1 is 1.29 bits per heavy atom. The van der Waals surface area contributed by atoms with Gasteiger partial charge in [-0.25, -0.2) is 4.98 Å². The number of nitrogens with one attached hydrogen (secondary N) is 1. The molecule has 17 heavy (non-hydrogen) atoms. The van der Waals surface area contributed by atoms with E-state index in [1.165, 1.54) is 34.8 Å². The normalized spacial score (nSPS) is 16.0. The quantitative estimate of drug-likeness (QED) is 0.889. The molecule has 2 heterocycles. The molecule has 1 aliphatic rings. The minimum Gasteiger partial charge on any atom is -0.306 e. The Hall–Kier alpha value is -0.710. The molecular formula is C13H16N2S2. The van der Waals surface area contributed by atoms with E-state index in [9.17, 15) is 0 Å². The average molecular weight is 264 g/mol. The average Bonchev–Trinajstić information content (AvgIpc) is 2.87. The van der Waals surface area contributed by atoms with Crippen LogP contribution in [0.5, 0.6) is 0 Å². The molecule has 1 fully saturated rings. The number of aromatic nitrogens is 1. The van der Waals surface area contributed by atoms with E-state index < -0.39 is 0 Å². The maximum Gasteiger partial charge on any atom is 0.0959 e. The molecule has 1 N–H and O–H groups in total. The van der Waals surface area contributed by atoms with E-state index in [-0.39, 0.29) is 0 Å². The number of nitrogens with zero attached hydrogens (tertiary/aromatic N) is 1. The highest BCUT2D eigenvalue weighted by atomic mass is 32.1. The Kier molecular flexibility index (Phi) is 3.54. The topological polar surface area (TPSA) is 24.9 Å². The molecule has 2 nitrogen and oxygen atoms in total. The van der Waals surface area contributed by atoms with Crippen LogP contribution < -0.4 is 5.32 Å². The maximum atomic E-state index is 4.71. The van der Waals surface area contributed by atoms with E-state index in [4.69, 9.17) is 4.98 Å². The van der Waals surface area contributed by atoms with Gasteiger partial charge in [0.2, 0.25) is 0 Å². The van der Waals surface area contributed by atoms with E-state index in [1.807, 2.05) is 11.3 Å². The molecule has 0 aliphatic heterocycles. The summed E-state index contributed by atoms with van der Waals surface area (Å²) in [5.74, 6) is 0.769. The zero-order valence-corrected chi connectivity index (χ0v) is 11.3. The van der Waals surface area contributed by atoms with Crippen LogP contribution in [0.4, 0.5) is 0 Å². The number of hydrogen-bond acceptors (Lipinski definition) is 4. The van der Waals surface area contributed by atoms with Crippen molar-refractivity contribution in [3.8, 4) is 0 Å². The van der Waals surface area contributed by atoms with Crippen LogP contribution in [0.15, 0.2) is 22.9 Å².